The molecule has 1 rings (SSSR count). The Morgan fingerprint density at radius 2 is 2.12 bits per heavy atom. The number of rotatable bonds is 4. The molecule has 17 heavy (non-hydrogen) atoms. The van der Waals surface area contributed by atoms with Crippen molar-refractivity contribution in [2.45, 2.75) is 43.4 Å². The van der Waals surface area contributed by atoms with Gasteiger partial charge < -0.3 is 10.4 Å². The van der Waals surface area contributed by atoms with Crippen molar-refractivity contribution in [2.24, 2.45) is 0 Å². The molecule has 6 heteroatoms. The summed E-state index contributed by atoms with van der Waals surface area (Å²) in [7, 11) is 3.25. The maximum Gasteiger partial charge on any atom is 0.401 e. The van der Waals surface area contributed by atoms with Crippen molar-refractivity contribution >= 4 is 0 Å². The Balaban J connectivity index is 2.60. The molecule has 1 fully saturated rings. The van der Waals surface area contributed by atoms with Crippen LogP contribution in [0.5, 0.6) is 0 Å². The van der Waals surface area contributed by atoms with E-state index in [0.29, 0.717) is 6.42 Å². The first kappa shape index (κ1) is 14.7. The third kappa shape index (κ3) is 4.12. The second-order valence-electron chi connectivity index (χ2n) is 4.97. The minimum Gasteiger partial charge on any atom is -0.394 e. The van der Waals surface area contributed by atoms with Gasteiger partial charge in [-0.05, 0) is 39.8 Å². The SMILES string of the molecule is CNC1(CO)CCCC(N(C)CC(F)(F)F)C1. The van der Waals surface area contributed by atoms with Crippen molar-refractivity contribution < 1.29 is 18.3 Å². The lowest BCUT2D eigenvalue weighted by atomic mass is 9.79. The van der Waals surface area contributed by atoms with Gasteiger partial charge in [-0.3, -0.25) is 4.90 Å². The van der Waals surface area contributed by atoms with Crippen molar-refractivity contribution in [3.8, 4) is 0 Å². The molecule has 0 saturated heterocycles. The Morgan fingerprint density at radius 3 is 2.59 bits per heavy atom. The first-order valence-electron chi connectivity index (χ1n) is 5.89. The van der Waals surface area contributed by atoms with Crippen LogP contribution in [0.1, 0.15) is 25.7 Å². The van der Waals surface area contributed by atoms with E-state index in [9.17, 15) is 18.3 Å². The fraction of sp³-hybridized carbons (Fsp3) is 1.00. The highest BCUT2D eigenvalue weighted by atomic mass is 19.4. The van der Waals surface area contributed by atoms with Crippen LogP contribution in [0.2, 0.25) is 0 Å². The summed E-state index contributed by atoms with van der Waals surface area (Å²) in [4.78, 5) is 1.35. The van der Waals surface area contributed by atoms with Crippen LogP contribution in [0.4, 0.5) is 13.2 Å². The predicted molar refractivity (Wildman–Crippen MR) is 59.8 cm³/mol. The smallest absolute Gasteiger partial charge is 0.394 e. The van der Waals surface area contributed by atoms with Crippen LogP contribution in [0.15, 0.2) is 0 Å². The van der Waals surface area contributed by atoms with Crippen LogP contribution in [-0.2, 0) is 0 Å². The fourth-order valence-corrected chi connectivity index (χ4v) is 2.57. The molecule has 0 amide bonds. The molecule has 0 radical (unpaired) electrons. The molecule has 1 aliphatic rings. The van der Waals surface area contributed by atoms with Crippen LogP contribution in [0.25, 0.3) is 0 Å². The number of nitrogens with zero attached hydrogens (tertiary/aromatic N) is 1. The van der Waals surface area contributed by atoms with Crippen molar-refractivity contribution in [1.82, 2.24) is 10.2 Å². The Hall–Kier alpha value is -0.330. The Bertz CT molecular complexity index is 241. The van der Waals surface area contributed by atoms with Crippen LogP contribution in [0.3, 0.4) is 0 Å². The number of likely N-dealkylation sites (N-methyl/N-ethyl adjacent to an activating group) is 1. The molecular formula is C11H21F3N2O. The molecule has 0 aromatic carbocycles. The van der Waals surface area contributed by atoms with E-state index in [2.05, 4.69) is 5.32 Å². The van der Waals surface area contributed by atoms with Crippen molar-refractivity contribution in [3.63, 3.8) is 0 Å². The molecule has 0 aromatic heterocycles. The summed E-state index contributed by atoms with van der Waals surface area (Å²) in [5, 5.41) is 12.4. The summed E-state index contributed by atoms with van der Waals surface area (Å²) in [5.74, 6) is 0. The molecule has 102 valence electrons. The standard InChI is InChI=1S/C11H21F3N2O/c1-15-10(8-17)5-3-4-9(6-10)16(2)7-11(12,13)14/h9,15,17H,3-8H2,1-2H3. The van der Waals surface area contributed by atoms with Crippen LogP contribution < -0.4 is 5.32 Å². The highest BCUT2D eigenvalue weighted by Crippen LogP contribution is 2.31. The van der Waals surface area contributed by atoms with E-state index in [0.717, 1.165) is 19.3 Å². The zero-order valence-electron chi connectivity index (χ0n) is 10.3. The molecule has 0 heterocycles. The number of hydrogen-bond donors (Lipinski definition) is 2. The molecule has 1 aliphatic carbocycles. The number of halogens is 3. The van der Waals surface area contributed by atoms with Gasteiger partial charge in [0, 0.05) is 11.6 Å². The Kier molecular flexibility index (Phi) is 4.80. The Morgan fingerprint density at radius 1 is 1.47 bits per heavy atom. The van der Waals surface area contributed by atoms with E-state index in [4.69, 9.17) is 0 Å². The van der Waals surface area contributed by atoms with Gasteiger partial charge in [0.25, 0.3) is 0 Å². The largest absolute Gasteiger partial charge is 0.401 e. The van der Waals surface area contributed by atoms with Gasteiger partial charge in [-0.2, -0.15) is 13.2 Å². The van der Waals surface area contributed by atoms with Gasteiger partial charge in [0.1, 0.15) is 0 Å². The average Bonchev–Trinajstić information content (AvgIpc) is 2.27. The van der Waals surface area contributed by atoms with Gasteiger partial charge in [-0.25, -0.2) is 0 Å². The van der Waals surface area contributed by atoms with E-state index in [1.807, 2.05) is 0 Å². The molecule has 0 aliphatic heterocycles. The third-order valence-electron chi connectivity index (χ3n) is 3.70. The lowest BCUT2D eigenvalue weighted by Crippen LogP contribution is -2.54. The molecule has 2 atom stereocenters. The van der Waals surface area contributed by atoms with Gasteiger partial charge in [0.05, 0.1) is 13.2 Å². The first-order chi connectivity index (χ1) is 7.82. The second kappa shape index (κ2) is 5.54. The monoisotopic (exact) mass is 254 g/mol. The fourth-order valence-electron chi connectivity index (χ4n) is 2.57. The van der Waals surface area contributed by atoms with Crippen LogP contribution in [0, 0.1) is 0 Å². The Labute approximate surface area is 100.0 Å². The summed E-state index contributed by atoms with van der Waals surface area (Å²) < 4.78 is 36.9. The minimum absolute atomic E-state index is 0.0279. The summed E-state index contributed by atoms with van der Waals surface area (Å²) in [6, 6.07) is -0.120. The van der Waals surface area contributed by atoms with Crippen molar-refractivity contribution in [2.75, 3.05) is 27.2 Å². The highest BCUT2D eigenvalue weighted by molar-refractivity contribution is 4.95. The summed E-state index contributed by atoms with van der Waals surface area (Å²) in [5.41, 5.74) is -0.414. The first-order valence-corrected chi connectivity index (χ1v) is 5.89. The second-order valence-corrected chi connectivity index (χ2v) is 4.97. The van der Waals surface area contributed by atoms with Gasteiger partial charge >= 0.3 is 6.18 Å². The van der Waals surface area contributed by atoms with E-state index in [1.54, 1.807) is 7.05 Å². The third-order valence-corrected chi connectivity index (χ3v) is 3.70. The lowest BCUT2D eigenvalue weighted by Gasteiger charge is -2.43. The number of aliphatic hydroxyl groups is 1. The maximum absolute atomic E-state index is 12.3. The highest BCUT2D eigenvalue weighted by Gasteiger charge is 2.39. The molecule has 0 bridgehead atoms. The molecule has 3 nitrogen and oxygen atoms in total. The minimum atomic E-state index is -4.16. The quantitative estimate of drug-likeness (QED) is 0.795. The zero-order chi connectivity index (χ0) is 13.1. The number of hydrogen-bond acceptors (Lipinski definition) is 3. The lowest BCUT2D eigenvalue weighted by molar-refractivity contribution is -0.150. The normalized spacial score (nSPS) is 30.9. The summed E-state index contributed by atoms with van der Waals surface area (Å²) in [6.07, 6.45) is -1.18. The van der Waals surface area contributed by atoms with Gasteiger partial charge in [-0.15, -0.1) is 0 Å². The van der Waals surface area contributed by atoms with Crippen LogP contribution >= 0.6 is 0 Å². The molecule has 0 spiro atoms. The predicted octanol–water partition coefficient (Wildman–Crippen LogP) is 1.37. The molecule has 2 unspecified atom stereocenters. The molecular weight excluding hydrogens is 233 g/mol. The van der Waals surface area contributed by atoms with E-state index in [1.165, 1.54) is 11.9 Å². The number of aliphatic hydroxyl groups excluding tert-OH is 1. The van der Waals surface area contributed by atoms with E-state index >= 15 is 0 Å². The number of alkyl halides is 3. The van der Waals surface area contributed by atoms with Crippen LogP contribution in [-0.4, -0.2) is 55.0 Å². The van der Waals surface area contributed by atoms with Gasteiger partial charge in [-0.1, -0.05) is 0 Å². The van der Waals surface area contributed by atoms with E-state index in [-0.39, 0.29) is 12.6 Å². The molecule has 0 aromatic rings. The zero-order valence-corrected chi connectivity index (χ0v) is 10.3. The van der Waals surface area contributed by atoms with Crippen molar-refractivity contribution in [1.29, 1.82) is 0 Å². The van der Waals surface area contributed by atoms with E-state index < -0.39 is 18.3 Å². The maximum atomic E-state index is 12.3. The van der Waals surface area contributed by atoms with Gasteiger partial charge in [0.2, 0.25) is 0 Å². The topological polar surface area (TPSA) is 35.5 Å². The molecule has 2 N–H and O–H groups in total. The molecule has 1 saturated carbocycles. The number of nitrogens with one attached hydrogen (secondary N) is 1. The average molecular weight is 254 g/mol. The van der Waals surface area contributed by atoms with Gasteiger partial charge in [0.15, 0.2) is 0 Å². The summed E-state index contributed by atoms with van der Waals surface area (Å²) in [6.45, 7) is -0.914. The van der Waals surface area contributed by atoms with Crippen molar-refractivity contribution in [3.05, 3.63) is 0 Å². The summed E-state index contributed by atoms with van der Waals surface area (Å²) >= 11 is 0.